The van der Waals surface area contributed by atoms with Crippen molar-refractivity contribution < 1.29 is 4.52 Å². The number of hydrogen-bond donors (Lipinski definition) is 0. The van der Waals surface area contributed by atoms with Crippen LogP contribution in [0.2, 0.25) is 0 Å². The SMILES string of the molecule is Cc1cccc(Cc2ncon2)c1. The van der Waals surface area contributed by atoms with Crippen molar-refractivity contribution in [2.24, 2.45) is 0 Å². The first-order valence-electron chi connectivity index (χ1n) is 4.15. The molecule has 0 unspecified atom stereocenters. The molecule has 0 fully saturated rings. The molecular weight excluding hydrogens is 164 g/mol. The van der Waals surface area contributed by atoms with Crippen molar-refractivity contribution in [1.82, 2.24) is 10.1 Å². The van der Waals surface area contributed by atoms with Crippen LogP contribution in [0.15, 0.2) is 35.2 Å². The molecule has 0 spiro atoms. The number of nitrogens with zero attached hydrogens (tertiary/aromatic N) is 2. The first-order chi connectivity index (χ1) is 6.34. The smallest absolute Gasteiger partial charge is 0.213 e. The molecule has 0 radical (unpaired) electrons. The van der Waals surface area contributed by atoms with Gasteiger partial charge in [0.15, 0.2) is 5.82 Å². The van der Waals surface area contributed by atoms with Crippen molar-refractivity contribution in [2.75, 3.05) is 0 Å². The summed E-state index contributed by atoms with van der Waals surface area (Å²) in [7, 11) is 0. The highest BCUT2D eigenvalue weighted by atomic mass is 16.5. The zero-order valence-electron chi connectivity index (χ0n) is 7.40. The number of aromatic nitrogens is 2. The molecule has 66 valence electrons. The number of benzene rings is 1. The fourth-order valence-corrected chi connectivity index (χ4v) is 1.27. The number of aryl methyl sites for hydroxylation is 1. The summed E-state index contributed by atoms with van der Waals surface area (Å²) in [5, 5.41) is 3.76. The van der Waals surface area contributed by atoms with E-state index in [1.54, 1.807) is 0 Å². The van der Waals surface area contributed by atoms with Crippen LogP contribution in [0.25, 0.3) is 0 Å². The molecule has 1 aromatic carbocycles. The molecule has 0 aliphatic rings. The van der Waals surface area contributed by atoms with Crippen LogP contribution in [-0.2, 0) is 6.42 Å². The summed E-state index contributed by atoms with van der Waals surface area (Å²) in [4.78, 5) is 3.96. The third-order valence-electron chi connectivity index (χ3n) is 1.85. The lowest BCUT2D eigenvalue weighted by molar-refractivity contribution is 0.411. The molecule has 3 nitrogen and oxygen atoms in total. The van der Waals surface area contributed by atoms with Gasteiger partial charge in [0.1, 0.15) is 0 Å². The van der Waals surface area contributed by atoms with Crippen LogP contribution in [-0.4, -0.2) is 10.1 Å². The van der Waals surface area contributed by atoms with E-state index in [0.717, 1.165) is 12.2 Å². The van der Waals surface area contributed by atoms with Crippen LogP contribution in [0, 0.1) is 6.92 Å². The Labute approximate surface area is 76.4 Å². The lowest BCUT2D eigenvalue weighted by atomic mass is 10.1. The lowest BCUT2D eigenvalue weighted by Gasteiger charge is -1.97. The highest BCUT2D eigenvalue weighted by Gasteiger charge is 1.99. The Morgan fingerprint density at radius 2 is 2.31 bits per heavy atom. The molecule has 1 aromatic heterocycles. The zero-order chi connectivity index (χ0) is 9.10. The van der Waals surface area contributed by atoms with Gasteiger partial charge in [0, 0.05) is 6.42 Å². The largest absolute Gasteiger partial charge is 0.343 e. The molecule has 3 heteroatoms. The monoisotopic (exact) mass is 174 g/mol. The van der Waals surface area contributed by atoms with Gasteiger partial charge in [-0.05, 0) is 12.5 Å². The topological polar surface area (TPSA) is 38.9 Å². The van der Waals surface area contributed by atoms with Gasteiger partial charge in [-0.3, -0.25) is 0 Å². The van der Waals surface area contributed by atoms with E-state index in [0.29, 0.717) is 0 Å². The van der Waals surface area contributed by atoms with Crippen molar-refractivity contribution in [3.8, 4) is 0 Å². The van der Waals surface area contributed by atoms with Crippen molar-refractivity contribution in [2.45, 2.75) is 13.3 Å². The molecule has 2 aromatic rings. The van der Waals surface area contributed by atoms with E-state index in [-0.39, 0.29) is 0 Å². The van der Waals surface area contributed by atoms with E-state index >= 15 is 0 Å². The number of hydrogen-bond acceptors (Lipinski definition) is 3. The molecule has 0 N–H and O–H groups in total. The summed E-state index contributed by atoms with van der Waals surface area (Å²) in [5.41, 5.74) is 2.46. The van der Waals surface area contributed by atoms with E-state index in [1.807, 2.05) is 6.07 Å². The highest BCUT2D eigenvalue weighted by molar-refractivity contribution is 5.24. The summed E-state index contributed by atoms with van der Waals surface area (Å²) in [5.74, 6) is 0.727. The van der Waals surface area contributed by atoms with Crippen molar-refractivity contribution in [3.63, 3.8) is 0 Å². The summed E-state index contributed by atoms with van der Waals surface area (Å²) in [6.07, 6.45) is 2.09. The lowest BCUT2D eigenvalue weighted by Crippen LogP contribution is -1.90. The van der Waals surface area contributed by atoms with Crippen molar-refractivity contribution in [1.29, 1.82) is 0 Å². The van der Waals surface area contributed by atoms with Gasteiger partial charge in [-0.15, -0.1) is 0 Å². The second kappa shape index (κ2) is 3.39. The summed E-state index contributed by atoms with van der Waals surface area (Å²) >= 11 is 0. The van der Waals surface area contributed by atoms with Gasteiger partial charge in [0.2, 0.25) is 6.39 Å². The van der Waals surface area contributed by atoms with Crippen molar-refractivity contribution in [3.05, 3.63) is 47.6 Å². The van der Waals surface area contributed by atoms with Gasteiger partial charge in [0.05, 0.1) is 0 Å². The number of rotatable bonds is 2. The minimum atomic E-state index is 0.727. The first kappa shape index (κ1) is 7.98. The van der Waals surface area contributed by atoms with Crippen molar-refractivity contribution >= 4 is 0 Å². The Bertz CT molecular complexity index is 382. The average Bonchev–Trinajstić information content (AvgIpc) is 2.57. The van der Waals surface area contributed by atoms with Gasteiger partial charge in [0.25, 0.3) is 0 Å². The normalized spacial score (nSPS) is 10.2. The Hall–Kier alpha value is -1.64. The van der Waals surface area contributed by atoms with Crippen LogP contribution < -0.4 is 0 Å². The second-order valence-corrected chi connectivity index (χ2v) is 3.01. The Morgan fingerprint density at radius 3 is 3.00 bits per heavy atom. The molecule has 13 heavy (non-hydrogen) atoms. The Morgan fingerprint density at radius 1 is 1.38 bits per heavy atom. The highest BCUT2D eigenvalue weighted by Crippen LogP contribution is 2.07. The van der Waals surface area contributed by atoms with E-state index in [9.17, 15) is 0 Å². The predicted molar refractivity (Wildman–Crippen MR) is 48.3 cm³/mol. The third-order valence-corrected chi connectivity index (χ3v) is 1.85. The zero-order valence-corrected chi connectivity index (χ0v) is 7.40. The molecule has 0 aliphatic carbocycles. The fraction of sp³-hybridized carbons (Fsp3) is 0.200. The van der Waals surface area contributed by atoms with Crippen LogP contribution in [0.3, 0.4) is 0 Å². The minimum absolute atomic E-state index is 0.727. The second-order valence-electron chi connectivity index (χ2n) is 3.01. The van der Waals surface area contributed by atoms with Gasteiger partial charge < -0.3 is 4.52 Å². The van der Waals surface area contributed by atoms with E-state index in [4.69, 9.17) is 0 Å². The Kier molecular flexibility index (Phi) is 2.08. The molecule has 0 atom stereocenters. The molecule has 2 rings (SSSR count). The van der Waals surface area contributed by atoms with Crippen LogP contribution >= 0.6 is 0 Å². The van der Waals surface area contributed by atoms with E-state index in [1.165, 1.54) is 17.5 Å². The molecule has 0 saturated heterocycles. The maximum absolute atomic E-state index is 4.66. The Balaban J connectivity index is 2.19. The molecular formula is C10H10N2O. The maximum Gasteiger partial charge on any atom is 0.213 e. The first-order valence-corrected chi connectivity index (χ1v) is 4.15. The van der Waals surface area contributed by atoms with E-state index in [2.05, 4.69) is 39.8 Å². The van der Waals surface area contributed by atoms with Crippen LogP contribution in [0.1, 0.15) is 17.0 Å². The van der Waals surface area contributed by atoms with Gasteiger partial charge in [-0.25, -0.2) is 0 Å². The maximum atomic E-state index is 4.66. The van der Waals surface area contributed by atoms with Crippen LogP contribution in [0.5, 0.6) is 0 Å². The third kappa shape index (κ3) is 1.93. The molecule has 0 bridgehead atoms. The average molecular weight is 174 g/mol. The van der Waals surface area contributed by atoms with Gasteiger partial charge in [-0.2, -0.15) is 4.98 Å². The molecule has 0 saturated carbocycles. The van der Waals surface area contributed by atoms with Gasteiger partial charge in [-0.1, -0.05) is 35.0 Å². The molecule has 1 heterocycles. The summed E-state index contributed by atoms with van der Waals surface area (Å²) in [6, 6.07) is 8.28. The quantitative estimate of drug-likeness (QED) is 0.698. The van der Waals surface area contributed by atoms with Crippen LogP contribution in [0.4, 0.5) is 0 Å². The summed E-state index contributed by atoms with van der Waals surface area (Å²) in [6.45, 7) is 2.07. The van der Waals surface area contributed by atoms with E-state index < -0.39 is 0 Å². The standard InChI is InChI=1S/C10H10N2O/c1-8-3-2-4-9(5-8)6-10-11-7-13-12-10/h2-5,7H,6H2,1H3. The fourth-order valence-electron chi connectivity index (χ4n) is 1.27. The summed E-state index contributed by atoms with van der Waals surface area (Å²) < 4.78 is 4.66. The minimum Gasteiger partial charge on any atom is -0.343 e. The predicted octanol–water partition coefficient (Wildman–Crippen LogP) is 1.97. The van der Waals surface area contributed by atoms with Gasteiger partial charge >= 0.3 is 0 Å². The molecule has 0 amide bonds. The molecule has 0 aliphatic heterocycles.